The van der Waals surface area contributed by atoms with Gasteiger partial charge in [-0.15, -0.1) is 0 Å². The molecule has 0 unspecified atom stereocenters. The van der Waals surface area contributed by atoms with Crippen molar-refractivity contribution in [2.45, 2.75) is 24.0 Å². The molecule has 0 amide bonds. The van der Waals surface area contributed by atoms with E-state index in [1.165, 1.54) is 12.1 Å². The lowest BCUT2D eigenvalue weighted by atomic mass is 10.3. The molecule has 0 saturated carbocycles. The number of hydrogen-bond donors (Lipinski definition) is 1. The first-order chi connectivity index (χ1) is 9.81. The summed E-state index contributed by atoms with van der Waals surface area (Å²) in [4.78, 5) is 14.6. The quantitative estimate of drug-likeness (QED) is 0.656. The minimum absolute atomic E-state index is 0.0288. The predicted molar refractivity (Wildman–Crippen MR) is 69.0 cm³/mol. The number of carboxylic acid groups (broad SMARTS) is 1. The van der Waals surface area contributed by atoms with Crippen LogP contribution in [0.1, 0.15) is 0 Å². The fourth-order valence-electron chi connectivity index (χ4n) is 1.72. The molecule has 0 saturated heterocycles. The molecule has 2 aromatic rings. The summed E-state index contributed by atoms with van der Waals surface area (Å²) in [7, 11) is 0. The van der Waals surface area contributed by atoms with Crippen LogP contribution >= 0.6 is 11.8 Å². The van der Waals surface area contributed by atoms with Crippen molar-refractivity contribution in [3.63, 3.8) is 0 Å². The predicted octanol–water partition coefficient (Wildman–Crippen LogP) is 3.11. The van der Waals surface area contributed by atoms with Gasteiger partial charge in [-0.2, -0.15) is 8.78 Å². The molecule has 0 aliphatic rings. The van der Waals surface area contributed by atoms with Crippen molar-refractivity contribution in [1.82, 2.24) is 9.55 Å². The summed E-state index contributed by atoms with van der Waals surface area (Å²) < 4.78 is 52.2. The summed E-state index contributed by atoms with van der Waals surface area (Å²) in [6.45, 7) is -1.26. The largest absolute Gasteiger partial charge is 0.481 e. The number of nitrogens with zero attached hydrogens (tertiary/aromatic N) is 2. The monoisotopic (exact) mass is 322 g/mol. The highest BCUT2D eigenvalue weighted by molar-refractivity contribution is 7.99. The molecule has 0 atom stereocenters. The van der Waals surface area contributed by atoms with Crippen LogP contribution in [0.15, 0.2) is 29.4 Å². The lowest BCUT2D eigenvalue weighted by Crippen LogP contribution is -2.32. The highest BCUT2D eigenvalue weighted by atomic mass is 32.2. The van der Waals surface area contributed by atoms with E-state index in [-0.39, 0.29) is 10.7 Å². The molecule has 0 fully saturated rings. The Bertz CT molecular complexity index is 660. The first kappa shape index (κ1) is 15.6. The van der Waals surface area contributed by atoms with Crippen LogP contribution < -0.4 is 0 Å². The molecular formula is C12H10F4N2O2S. The molecule has 4 nitrogen and oxygen atoms in total. The molecule has 1 N–H and O–H groups in total. The zero-order valence-electron chi connectivity index (χ0n) is 10.5. The number of alkyl halides is 4. The van der Waals surface area contributed by atoms with Crippen molar-refractivity contribution >= 4 is 28.8 Å². The topological polar surface area (TPSA) is 55.1 Å². The van der Waals surface area contributed by atoms with Crippen molar-refractivity contribution in [3.05, 3.63) is 24.3 Å². The van der Waals surface area contributed by atoms with Gasteiger partial charge in [-0.1, -0.05) is 23.9 Å². The molecule has 1 heterocycles. The molecule has 0 aliphatic heterocycles. The number of thioether (sulfide) groups is 1. The second-order valence-corrected chi connectivity index (χ2v) is 5.16. The average molecular weight is 322 g/mol. The smallest absolute Gasteiger partial charge is 0.324 e. The summed E-state index contributed by atoms with van der Waals surface area (Å²) in [5, 5.41) is 8.61. The maximum atomic E-state index is 13.3. The van der Waals surface area contributed by atoms with Crippen LogP contribution in [0.4, 0.5) is 17.6 Å². The van der Waals surface area contributed by atoms with Crippen LogP contribution in [0.5, 0.6) is 0 Å². The van der Waals surface area contributed by atoms with Crippen molar-refractivity contribution in [2.75, 3.05) is 5.75 Å². The molecular weight excluding hydrogens is 312 g/mol. The van der Waals surface area contributed by atoms with Gasteiger partial charge in [0.1, 0.15) is 0 Å². The lowest BCUT2D eigenvalue weighted by Gasteiger charge is -2.17. The Balaban J connectivity index is 2.42. The van der Waals surface area contributed by atoms with Gasteiger partial charge in [0.25, 0.3) is 0 Å². The van der Waals surface area contributed by atoms with Gasteiger partial charge in [-0.25, -0.2) is 13.8 Å². The SMILES string of the molecule is O=C(O)CSc1nc2ccccc2n1CC(F)(F)C(F)F. The number of imidazole rings is 1. The maximum absolute atomic E-state index is 13.3. The standard InChI is InChI=1S/C12H10F4N2O2S/c13-10(14)12(15,16)6-18-8-4-2-1-3-7(8)17-11(18)21-5-9(19)20/h1-4,10H,5-6H2,(H,19,20). The number of para-hydroxylation sites is 2. The van der Waals surface area contributed by atoms with Gasteiger partial charge in [0.2, 0.25) is 0 Å². The molecule has 114 valence electrons. The summed E-state index contributed by atoms with van der Waals surface area (Å²) in [6, 6.07) is 6.19. The fraction of sp³-hybridized carbons (Fsp3) is 0.333. The molecule has 0 aliphatic carbocycles. The summed E-state index contributed by atoms with van der Waals surface area (Å²) in [5.41, 5.74) is 0.598. The van der Waals surface area contributed by atoms with Gasteiger partial charge in [-0.3, -0.25) is 4.79 Å². The van der Waals surface area contributed by atoms with Crippen LogP contribution in [0.3, 0.4) is 0 Å². The number of aliphatic carboxylic acids is 1. The van der Waals surface area contributed by atoms with E-state index in [0.717, 1.165) is 4.57 Å². The Morgan fingerprint density at radius 1 is 1.38 bits per heavy atom. The Morgan fingerprint density at radius 3 is 2.67 bits per heavy atom. The minimum atomic E-state index is -4.22. The van der Waals surface area contributed by atoms with E-state index < -0.39 is 30.6 Å². The van der Waals surface area contributed by atoms with E-state index in [2.05, 4.69) is 4.98 Å². The number of aromatic nitrogens is 2. The minimum Gasteiger partial charge on any atom is -0.481 e. The Kier molecular flexibility index (Phi) is 4.40. The molecule has 1 aromatic heterocycles. The van der Waals surface area contributed by atoms with E-state index in [4.69, 9.17) is 5.11 Å². The van der Waals surface area contributed by atoms with Crippen molar-refractivity contribution < 1.29 is 27.5 Å². The van der Waals surface area contributed by atoms with Gasteiger partial charge < -0.3 is 9.67 Å². The molecule has 1 aromatic carbocycles. The third-order valence-electron chi connectivity index (χ3n) is 2.63. The third kappa shape index (κ3) is 3.46. The second-order valence-electron chi connectivity index (χ2n) is 4.21. The van der Waals surface area contributed by atoms with E-state index in [0.29, 0.717) is 17.3 Å². The number of hydrogen-bond acceptors (Lipinski definition) is 3. The molecule has 0 bridgehead atoms. The second kappa shape index (κ2) is 5.92. The zero-order valence-corrected chi connectivity index (χ0v) is 11.3. The number of benzene rings is 1. The van der Waals surface area contributed by atoms with Crippen molar-refractivity contribution in [2.24, 2.45) is 0 Å². The Hall–Kier alpha value is -1.77. The van der Waals surface area contributed by atoms with Crippen molar-refractivity contribution in [3.8, 4) is 0 Å². The van der Waals surface area contributed by atoms with Crippen LogP contribution in [0.2, 0.25) is 0 Å². The summed E-state index contributed by atoms with van der Waals surface area (Å²) in [6.07, 6.45) is -3.81. The first-order valence-electron chi connectivity index (χ1n) is 5.77. The van der Waals surface area contributed by atoms with Crippen molar-refractivity contribution in [1.29, 1.82) is 0 Å². The maximum Gasteiger partial charge on any atom is 0.324 e. The van der Waals surface area contributed by atoms with E-state index >= 15 is 0 Å². The lowest BCUT2D eigenvalue weighted by molar-refractivity contribution is -0.138. The number of halogens is 4. The molecule has 2 rings (SSSR count). The average Bonchev–Trinajstić information content (AvgIpc) is 2.74. The van der Waals surface area contributed by atoms with Gasteiger partial charge >= 0.3 is 18.3 Å². The Labute approximate surface area is 120 Å². The zero-order chi connectivity index (χ0) is 15.6. The first-order valence-corrected chi connectivity index (χ1v) is 6.75. The van der Waals surface area contributed by atoms with Crippen LogP contribution in [-0.4, -0.2) is 38.7 Å². The fourth-order valence-corrected chi connectivity index (χ4v) is 2.46. The number of rotatable bonds is 6. The van der Waals surface area contributed by atoms with E-state index in [1.54, 1.807) is 12.1 Å². The number of fused-ring (bicyclic) bond motifs is 1. The summed E-state index contributed by atoms with van der Waals surface area (Å²) >= 11 is 0.707. The van der Waals surface area contributed by atoms with Gasteiger partial charge in [0.15, 0.2) is 5.16 Å². The van der Waals surface area contributed by atoms with Crippen LogP contribution in [-0.2, 0) is 11.3 Å². The van der Waals surface area contributed by atoms with Gasteiger partial charge in [0, 0.05) is 0 Å². The van der Waals surface area contributed by atoms with Gasteiger partial charge in [-0.05, 0) is 12.1 Å². The van der Waals surface area contributed by atoms with E-state index in [1.807, 2.05) is 0 Å². The highest BCUT2D eigenvalue weighted by Crippen LogP contribution is 2.30. The summed E-state index contributed by atoms with van der Waals surface area (Å²) in [5.74, 6) is -5.77. The molecule has 9 heteroatoms. The van der Waals surface area contributed by atoms with Crippen LogP contribution in [0, 0.1) is 0 Å². The third-order valence-corrected chi connectivity index (χ3v) is 3.59. The number of carboxylic acids is 1. The molecule has 0 spiro atoms. The van der Waals surface area contributed by atoms with E-state index in [9.17, 15) is 22.4 Å². The Morgan fingerprint density at radius 2 is 2.05 bits per heavy atom. The highest BCUT2D eigenvalue weighted by Gasteiger charge is 2.42. The molecule has 0 radical (unpaired) electrons. The normalized spacial score (nSPS) is 12.2. The molecule has 21 heavy (non-hydrogen) atoms. The van der Waals surface area contributed by atoms with Crippen LogP contribution in [0.25, 0.3) is 11.0 Å². The van der Waals surface area contributed by atoms with Gasteiger partial charge in [0.05, 0.1) is 23.3 Å². The number of carbonyl (C=O) groups is 1.